The Morgan fingerprint density at radius 1 is 1.48 bits per heavy atom. The molecule has 0 bridgehead atoms. The van der Waals surface area contributed by atoms with Crippen molar-refractivity contribution in [3.05, 3.63) is 17.7 Å². The molecule has 8 heteroatoms. The van der Waals surface area contributed by atoms with E-state index in [2.05, 4.69) is 31.0 Å². The van der Waals surface area contributed by atoms with E-state index < -0.39 is 12.2 Å². The number of nitrogens with zero attached hydrogens (tertiary/aromatic N) is 1. The topological polar surface area (TPSA) is 80.7 Å². The van der Waals surface area contributed by atoms with Crippen molar-refractivity contribution in [2.75, 3.05) is 19.5 Å². The van der Waals surface area contributed by atoms with Gasteiger partial charge in [-0.15, -0.1) is 0 Å². The van der Waals surface area contributed by atoms with Gasteiger partial charge in [0, 0.05) is 10.4 Å². The van der Waals surface area contributed by atoms with E-state index in [1.54, 1.807) is 19.2 Å². The highest BCUT2D eigenvalue weighted by Crippen LogP contribution is 2.39. The maximum absolute atomic E-state index is 11.3. The molecule has 2 rings (SSSR count). The molecule has 1 amide bonds. The Hall–Kier alpha value is -1.38. The zero-order valence-corrected chi connectivity index (χ0v) is 14.1. The Bertz CT molecular complexity index is 659. The fraction of sp³-hybridized carbons (Fsp3) is 0.385. The number of aromatic nitrogens is 1. The molecule has 0 aliphatic rings. The lowest BCUT2D eigenvalue weighted by molar-refractivity contribution is 0.183. The zero-order valence-electron chi connectivity index (χ0n) is 11.7. The summed E-state index contributed by atoms with van der Waals surface area (Å²) in [6.07, 6.45) is -1.28. The van der Waals surface area contributed by atoms with Crippen molar-refractivity contribution >= 4 is 48.7 Å². The molecule has 2 atom stereocenters. The molecular formula is C13H15BrN2O4S. The van der Waals surface area contributed by atoms with Gasteiger partial charge in [0.15, 0.2) is 5.13 Å². The first-order valence-electron chi connectivity index (χ1n) is 6.12. The standard InChI is InChI=1S/C13H15BrN2O4S/c1-6(14)10(17)7-4-5-8(19-2)9-11(7)21-12(15-9)16-13(18)20-3/h4-6,10,17H,1-3H3,(H,15,16,18). The van der Waals surface area contributed by atoms with E-state index in [1.165, 1.54) is 18.4 Å². The van der Waals surface area contributed by atoms with Crippen LogP contribution in [0.5, 0.6) is 5.75 Å². The van der Waals surface area contributed by atoms with Gasteiger partial charge in [-0.1, -0.05) is 33.3 Å². The Morgan fingerprint density at radius 3 is 2.76 bits per heavy atom. The van der Waals surface area contributed by atoms with Crippen LogP contribution >= 0.6 is 27.3 Å². The number of rotatable bonds is 4. The Balaban J connectivity index is 2.54. The summed E-state index contributed by atoms with van der Waals surface area (Å²) in [4.78, 5) is 15.5. The number of alkyl halides is 1. The van der Waals surface area contributed by atoms with Crippen LogP contribution in [-0.4, -0.2) is 35.2 Å². The molecule has 2 N–H and O–H groups in total. The van der Waals surface area contributed by atoms with E-state index in [9.17, 15) is 9.90 Å². The summed E-state index contributed by atoms with van der Waals surface area (Å²) in [6.45, 7) is 1.86. The van der Waals surface area contributed by atoms with Crippen LogP contribution in [0.15, 0.2) is 12.1 Å². The minimum Gasteiger partial charge on any atom is -0.494 e. The van der Waals surface area contributed by atoms with Gasteiger partial charge in [0.1, 0.15) is 11.3 Å². The number of thiazole rings is 1. The number of hydrogen-bond acceptors (Lipinski definition) is 6. The molecule has 0 radical (unpaired) electrons. The number of ether oxygens (including phenoxy) is 2. The van der Waals surface area contributed by atoms with Crippen LogP contribution in [0.25, 0.3) is 10.2 Å². The fourth-order valence-corrected chi connectivity index (χ4v) is 3.14. The highest BCUT2D eigenvalue weighted by molar-refractivity contribution is 9.09. The lowest BCUT2D eigenvalue weighted by atomic mass is 10.1. The van der Waals surface area contributed by atoms with Crippen LogP contribution in [-0.2, 0) is 4.74 Å². The Morgan fingerprint density at radius 2 is 2.19 bits per heavy atom. The van der Waals surface area contributed by atoms with Gasteiger partial charge < -0.3 is 14.6 Å². The van der Waals surface area contributed by atoms with Crippen molar-refractivity contribution in [1.82, 2.24) is 4.98 Å². The van der Waals surface area contributed by atoms with Crippen molar-refractivity contribution in [3.63, 3.8) is 0 Å². The number of aliphatic hydroxyl groups is 1. The maximum Gasteiger partial charge on any atom is 0.413 e. The molecule has 6 nitrogen and oxygen atoms in total. The van der Waals surface area contributed by atoms with Crippen molar-refractivity contribution in [2.45, 2.75) is 17.9 Å². The van der Waals surface area contributed by atoms with Crippen molar-refractivity contribution in [1.29, 1.82) is 0 Å². The van der Waals surface area contributed by atoms with Gasteiger partial charge in [0.25, 0.3) is 0 Å². The lowest BCUT2D eigenvalue weighted by Gasteiger charge is -2.14. The smallest absolute Gasteiger partial charge is 0.413 e. The normalized spacial score (nSPS) is 13.8. The Kier molecular flexibility index (Phi) is 5.02. The molecule has 0 aliphatic heterocycles. The van der Waals surface area contributed by atoms with Crippen LogP contribution in [0.2, 0.25) is 0 Å². The molecule has 114 valence electrons. The van der Waals surface area contributed by atoms with Crippen LogP contribution in [0, 0.1) is 0 Å². The van der Waals surface area contributed by atoms with Crippen LogP contribution < -0.4 is 10.1 Å². The molecule has 2 unspecified atom stereocenters. The third-order valence-corrected chi connectivity index (χ3v) is 4.43. The molecule has 0 fully saturated rings. The summed E-state index contributed by atoms with van der Waals surface area (Å²) >= 11 is 4.63. The predicted molar refractivity (Wildman–Crippen MR) is 85.5 cm³/mol. The van der Waals surface area contributed by atoms with E-state index in [1.807, 2.05) is 6.92 Å². The molecule has 1 aromatic carbocycles. The number of carbonyl (C=O) groups excluding carboxylic acids is 1. The molecule has 21 heavy (non-hydrogen) atoms. The molecule has 1 heterocycles. The summed E-state index contributed by atoms with van der Waals surface area (Å²) in [7, 11) is 2.83. The first kappa shape index (κ1) is 16.0. The van der Waals surface area contributed by atoms with Gasteiger partial charge in [-0.25, -0.2) is 9.78 Å². The summed E-state index contributed by atoms with van der Waals surface area (Å²) in [6, 6.07) is 3.54. The van der Waals surface area contributed by atoms with E-state index >= 15 is 0 Å². The average molecular weight is 375 g/mol. The first-order chi connectivity index (χ1) is 9.97. The highest BCUT2D eigenvalue weighted by atomic mass is 79.9. The molecule has 0 spiro atoms. The molecule has 2 aromatic rings. The predicted octanol–water partition coefficient (Wildman–Crippen LogP) is 3.30. The SMILES string of the molecule is COC(=O)Nc1nc2c(OC)ccc(C(O)C(C)Br)c2s1. The van der Waals surface area contributed by atoms with Crippen LogP contribution in [0.3, 0.4) is 0 Å². The van der Waals surface area contributed by atoms with E-state index in [-0.39, 0.29) is 4.83 Å². The Labute approximate surface area is 134 Å². The third kappa shape index (κ3) is 3.28. The summed E-state index contributed by atoms with van der Waals surface area (Å²) in [5.41, 5.74) is 1.32. The first-order valence-corrected chi connectivity index (χ1v) is 7.85. The number of hydrogen-bond donors (Lipinski definition) is 2. The van der Waals surface area contributed by atoms with Crippen molar-refractivity contribution < 1.29 is 19.4 Å². The lowest BCUT2D eigenvalue weighted by Crippen LogP contribution is -2.10. The largest absolute Gasteiger partial charge is 0.494 e. The number of methoxy groups -OCH3 is 2. The number of anilines is 1. The second-order valence-corrected chi connectivity index (χ2v) is 6.74. The van der Waals surface area contributed by atoms with Crippen molar-refractivity contribution in [3.8, 4) is 5.75 Å². The molecular weight excluding hydrogens is 360 g/mol. The number of nitrogens with one attached hydrogen (secondary N) is 1. The van der Waals surface area contributed by atoms with Gasteiger partial charge in [-0.05, 0) is 13.0 Å². The summed E-state index contributed by atoms with van der Waals surface area (Å²) < 4.78 is 10.6. The minimum atomic E-state index is -0.690. The molecule has 1 aromatic heterocycles. The number of aliphatic hydroxyl groups excluding tert-OH is 1. The average Bonchev–Trinajstić information content (AvgIpc) is 2.88. The monoisotopic (exact) mass is 374 g/mol. The fourth-order valence-electron chi connectivity index (χ4n) is 1.84. The number of halogens is 1. The maximum atomic E-state index is 11.3. The van der Waals surface area contributed by atoms with Gasteiger partial charge in [0.05, 0.1) is 25.0 Å². The van der Waals surface area contributed by atoms with Gasteiger partial charge in [-0.3, -0.25) is 5.32 Å². The van der Waals surface area contributed by atoms with E-state index in [0.717, 1.165) is 10.3 Å². The van der Waals surface area contributed by atoms with Crippen LogP contribution in [0.4, 0.5) is 9.93 Å². The quantitative estimate of drug-likeness (QED) is 0.802. The summed E-state index contributed by atoms with van der Waals surface area (Å²) in [5.74, 6) is 0.581. The van der Waals surface area contributed by atoms with Gasteiger partial charge >= 0.3 is 6.09 Å². The van der Waals surface area contributed by atoms with Crippen molar-refractivity contribution in [2.24, 2.45) is 0 Å². The van der Waals surface area contributed by atoms with E-state index in [0.29, 0.717) is 16.4 Å². The second kappa shape index (κ2) is 6.59. The number of amides is 1. The highest BCUT2D eigenvalue weighted by Gasteiger charge is 2.21. The summed E-state index contributed by atoms with van der Waals surface area (Å²) in [5, 5.41) is 13.2. The number of fused-ring (bicyclic) bond motifs is 1. The van der Waals surface area contributed by atoms with Gasteiger partial charge in [0.2, 0.25) is 0 Å². The van der Waals surface area contributed by atoms with Crippen LogP contribution in [0.1, 0.15) is 18.6 Å². The minimum absolute atomic E-state index is 0.117. The molecule has 0 saturated heterocycles. The number of benzene rings is 1. The molecule has 0 aliphatic carbocycles. The third-order valence-electron chi connectivity index (χ3n) is 2.91. The zero-order chi connectivity index (χ0) is 15.6. The second-order valence-electron chi connectivity index (χ2n) is 4.29. The van der Waals surface area contributed by atoms with Gasteiger partial charge in [-0.2, -0.15) is 0 Å². The number of carbonyl (C=O) groups is 1. The molecule has 0 saturated carbocycles. The van der Waals surface area contributed by atoms with E-state index in [4.69, 9.17) is 4.74 Å².